The molecule has 6 rings (SSSR count). The molecule has 2 N–H and O–H groups in total. The average Bonchev–Trinajstić information content (AvgIpc) is 3.68. The summed E-state index contributed by atoms with van der Waals surface area (Å²) in [7, 11) is 0. The van der Waals surface area contributed by atoms with E-state index in [1.54, 1.807) is 24.4 Å². The standard InChI is InChI=1S/C33H30FN9/c1-32(2,3)20-39-30-23(17-36)18-38-29-22(16-35)14-25(15-26(29)30)40-31(21-7-9-24(34)10-8-21)27-19-43(42-41-27)33(11-12-33)28-6-4-5-13-37-28/h4-10,13-15,18-19,31,40H,11-12,20H2,1-3H3,(H,38,39)/t31-/m0/s1. The Labute approximate surface area is 249 Å². The molecule has 214 valence electrons. The predicted octanol–water partition coefficient (Wildman–Crippen LogP) is 6.30. The van der Waals surface area contributed by atoms with Crippen molar-refractivity contribution in [2.75, 3.05) is 17.2 Å². The molecule has 1 saturated carbocycles. The first-order valence-corrected chi connectivity index (χ1v) is 14.1. The van der Waals surface area contributed by atoms with Gasteiger partial charge in [0.05, 0.1) is 40.3 Å². The number of fused-ring (bicyclic) bond motifs is 1. The van der Waals surface area contributed by atoms with Gasteiger partial charge in [0.1, 0.15) is 29.2 Å². The SMILES string of the molecule is CC(C)(C)CNc1c(C#N)cnc2c(C#N)cc(N[C@@H](c3ccc(F)cc3)c3cn(C4(c5ccccn5)CC4)nn3)cc12. The first-order chi connectivity index (χ1) is 20.7. The lowest BCUT2D eigenvalue weighted by molar-refractivity contribution is 0.443. The minimum atomic E-state index is -0.518. The highest BCUT2D eigenvalue weighted by atomic mass is 19.1. The topological polar surface area (TPSA) is 128 Å². The monoisotopic (exact) mass is 571 g/mol. The van der Waals surface area contributed by atoms with Gasteiger partial charge in [0.2, 0.25) is 0 Å². The zero-order valence-corrected chi connectivity index (χ0v) is 24.1. The summed E-state index contributed by atoms with van der Waals surface area (Å²) in [6.07, 6.45) is 6.98. The molecule has 0 amide bonds. The molecule has 0 unspecified atom stereocenters. The van der Waals surface area contributed by atoms with Crippen LogP contribution in [-0.2, 0) is 5.54 Å². The molecule has 0 aliphatic heterocycles. The zero-order valence-electron chi connectivity index (χ0n) is 24.1. The smallest absolute Gasteiger partial charge is 0.123 e. The van der Waals surface area contributed by atoms with Crippen LogP contribution in [0.1, 0.15) is 67.7 Å². The van der Waals surface area contributed by atoms with Gasteiger partial charge in [0.25, 0.3) is 0 Å². The van der Waals surface area contributed by atoms with Crippen molar-refractivity contribution in [3.8, 4) is 12.1 Å². The van der Waals surface area contributed by atoms with E-state index < -0.39 is 6.04 Å². The third kappa shape index (κ3) is 5.47. The Morgan fingerprint density at radius 1 is 1.02 bits per heavy atom. The fraction of sp³-hybridized carbons (Fsp3) is 0.273. The molecule has 1 aliphatic rings. The number of aromatic nitrogens is 5. The van der Waals surface area contributed by atoms with E-state index in [-0.39, 0.29) is 16.8 Å². The maximum absolute atomic E-state index is 13.9. The molecule has 1 fully saturated rings. The minimum Gasteiger partial charge on any atom is -0.383 e. The fourth-order valence-electron chi connectivity index (χ4n) is 5.23. The summed E-state index contributed by atoms with van der Waals surface area (Å²) >= 11 is 0. The van der Waals surface area contributed by atoms with Gasteiger partial charge in [-0.1, -0.05) is 44.2 Å². The van der Waals surface area contributed by atoms with Gasteiger partial charge in [-0.25, -0.2) is 9.07 Å². The lowest BCUT2D eigenvalue weighted by Gasteiger charge is -2.22. The first kappa shape index (κ1) is 27.8. The maximum atomic E-state index is 13.9. The Morgan fingerprint density at radius 2 is 1.79 bits per heavy atom. The van der Waals surface area contributed by atoms with Crippen LogP contribution in [0.3, 0.4) is 0 Å². The number of anilines is 2. The van der Waals surface area contributed by atoms with Crippen LogP contribution in [0.15, 0.2) is 73.2 Å². The van der Waals surface area contributed by atoms with Gasteiger partial charge in [0.15, 0.2) is 0 Å². The van der Waals surface area contributed by atoms with Crippen LogP contribution in [0.5, 0.6) is 0 Å². The minimum absolute atomic E-state index is 0.0517. The van der Waals surface area contributed by atoms with E-state index in [0.717, 1.165) is 24.1 Å². The molecule has 0 spiro atoms. The van der Waals surface area contributed by atoms with E-state index in [2.05, 4.69) is 63.8 Å². The molecule has 43 heavy (non-hydrogen) atoms. The van der Waals surface area contributed by atoms with E-state index in [0.29, 0.717) is 45.6 Å². The van der Waals surface area contributed by atoms with Gasteiger partial charge in [-0.3, -0.25) is 9.97 Å². The van der Waals surface area contributed by atoms with Crippen molar-refractivity contribution in [3.63, 3.8) is 0 Å². The Balaban J connectivity index is 1.44. The Morgan fingerprint density at radius 3 is 2.44 bits per heavy atom. The third-order valence-corrected chi connectivity index (χ3v) is 7.63. The van der Waals surface area contributed by atoms with Gasteiger partial charge in [-0.2, -0.15) is 10.5 Å². The Kier molecular flexibility index (Phi) is 6.99. The summed E-state index contributed by atoms with van der Waals surface area (Å²) in [6, 6.07) is 19.6. The number of hydrogen-bond donors (Lipinski definition) is 2. The molecule has 9 nitrogen and oxygen atoms in total. The highest BCUT2D eigenvalue weighted by Gasteiger charge is 2.49. The molecule has 3 heterocycles. The molecular weight excluding hydrogens is 541 g/mol. The molecule has 0 radical (unpaired) electrons. The van der Waals surface area contributed by atoms with Gasteiger partial charge in [0, 0.05) is 30.0 Å². The molecule has 3 aromatic heterocycles. The number of rotatable bonds is 8. The average molecular weight is 572 g/mol. The van der Waals surface area contributed by atoms with E-state index >= 15 is 0 Å². The lowest BCUT2D eigenvalue weighted by Crippen LogP contribution is -2.20. The molecule has 5 aromatic rings. The van der Waals surface area contributed by atoms with Crippen molar-refractivity contribution in [2.45, 2.75) is 45.2 Å². The van der Waals surface area contributed by atoms with Gasteiger partial charge >= 0.3 is 0 Å². The summed E-state index contributed by atoms with van der Waals surface area (Å²) in [5, 5.41) is 36.6. The van der Waals surface area contributed by atoms with Crippen LogP contribution >= 0.6 is 0 Å². The van der Waals surface area contributed by atoms with Gasteiger partial charge in [-0.05, 0) is 60.2 Å². The van der Waals surface area contributed by atoms with Crippen molar-refractivity contribution < 1.29 is 4.39 Å². The van der Waals surface area contributed by atoms with Crippen LogP contribution < -0.4 is 10.6 Å². The van der Waals surface area contributed by atoms with Crippen molar-refractivity contribution in [3.05, 3.63) is 107 Å². The number of hydrogen-bond acceptors (Lipinski definition) is 8. The van der Waals surface area contributed by atoms with Crippen molar-refractivity contribution in [1.29, 1.82) is 10.5 Å². The highest BCUT2D eigenvalue weighted by molar-refractivity contribution is 5.99. The van der Waals surface area contributed by atoms with Crippen LogP contribution in [0.25, 0.3) is 10.9 Å². The lowest BCUT2D eigenvalue weighted by atomic mass is 9.96. The second-order valence-corrected chi connectivity index (χ2v) is 12.1. The number of benzene rings is 2. The second kappa shape index (κ2) is 10.8. The van der Waals surface area contributed by atoms with Crippen LogP contribution in [0.4, 0.5) is 15.8 Å². The summed E-state index contributed by atoms with van der Waals surface area (Å²) in [5.74, 6) is -0.347. The van der Waals surface area contributed by atoms with Crippen molar-refractivity contribution in [1.82, 2.24) is 25.0 Å². The number of pyridine rings is 2. The third-order valence-electron chi connectivity index (χ3n) is 7.63. The summed E-state index contributed by atoms with van der Waals surface area (Å²) in [4.78, 5) is 9.02. The zero-order chi connectivity index (χ0) is 30.2. The number of nitrogens with one attached hydrogen (secondary N) is 2. The van der Waals surface area contributed by atoms with E-state index in [9.17, 15) is 14.9 Å². The molecule has 1 atom stereocenters. The second-order valence-electron chi connectivity index (χ2n) is 12.1. The Bertz CT molecular complexity index is 1870. The molecule has 1 aliphatic carbocycles. The predicted molar refractivity (Wildman–Crippen MR) is 162 cm³/mol. The van der Waals surface area contributed by atoms with Crippen molar-refractivity contribution in [2.24, 2.45) is 5.41 Å². The molecule has 0 bridgehead atoms. The van der Waals surface area contributed by atoms with Gasteiger partial charge in [-0.15, -0.1) is 5.10 Å². The normalized spacial score (nSPS) is 14.5. The summed E-state index contributed by atoms with van der Waals surface area (Å²) < 4.78 is 15.8. The number of halogens is 1. The number of nitriles is 2. The largest absolute Gasteiger partial charge is 0.383 e. The van der Waals surface area contributed by atoms with Gasteiger partial charge < -0.3 is 10.6 Å². The van der Waals surface area contributed by atoms with E-state index in [1.165, 1.54) is 18.3 Å². The molecule has 10 heteroatoms. The van der Waals surface area contributed by atoms with Crippen molar-refractivity contribution >= 4 is 22.3 Å². The van der Waals surface area contributed by atoms with Crippen LogP contribution in [0, 0.1) is 33.9 Å². The fourth-order valence-corrected chi connectivity index (χ4v) is 5.23. The molecular formula is C33H30FN9. The summed E-state index contributed by atoms with van der Waals surface area (Å²) in [6.45, 7) is 6.91. The highest BCUT2D eigenvalue weighted by Crippen LogP contribution is 2.48. The van der Waals surface area contributed by atoms with Crippen LogP contribution in [-0.4, -0.2) is 31.5 Å². The quantitative estimate of drug-likeness (QED) is 0.222. The Hall–Kier alpha value is -5.35. The first-order valence-electron chi connectivity index (χ1n) is 14.1. The van der Waals surface area contributed by atoms with E-state index in [4.69, 9.17) is 0 Å². The summed E-state index contributed by atoms with van der Waals surface area (Å²) in [5.41, 5.74) is 4.42. The molecule has 2 aromatic carbocycles. The number of nitrogens with zero attached hydrogens (tertiary/aromatic N) is 7. The van der Waals surface area contributed by atoms with Crippen LogP contribution in [0.2, 0.25) is 0 Å². The maximum Gasteiger partial charge on any atom is 0.123 e. The van der Waals surface area contributed by atoms with E-state index in [1.807, 2.05) is 35.1 Å². The molecule has 0 saturated heterocycles.